The van der Waals surface area contributed by atoms with Crippen molar-refractivity contribution >= 4 is 23.0 Å². The average Bonchev–Trinajstić information content (AvgIpc) is 2.56. The van der Waals surface area contributed by atoms with Gasteiger partial charge in [0, 0.05) is 49.3 Å². The molecule has 0 aliphatic carbocycles. The van der Waals surface area contributed by atoms with Crippen LogP contribution in [-0.4, -0.2) is 40.5 Å². The first-order valence-corrected chi connectivity index (χ1v) is 7.91. The van der Waals surface area contributed by atoms with Gasteiger partial charge < -0.3 is 20.1 Å². The van der Waals surface area contributed by atoms with Crippen LogP contribution in [0.4, 0.5) is 11.4 Å². The summed E-state index contributed by atoms with van der Waals surface area (Å²) in [5.74, 6) is 0. The quantitative estimate of drug-likeness (QED) is 0.748. The largest absolute Gasteiger partial charge is 0.398 e. The van der Waals surface area contributed by atoms with E-state index in [0.717, 1.165) is 35.6 Å². The number of hydrogen-bond donors (Lipinski definition) is 1. The van der Waals surface area contributed by atoms with Crippen LogP contribution in [0.5, 0.6) is 0 Å². The molecule has 124 valence electrons. The Morgan fingerprint density at radius 2 is 1.70 bits per heavy atom. The molecule has 0 unspecified atom stereocenters. The molecule has 0 saturated carbocycles. The number of ether oxygens (including phenoxy) is 2. The smallest absolute Gasteiger partial charge is 0.0637 e. The van der Waals surface area contributed by atoms with Crippen LogP contribution in [0.2, 0.25) is 5.02 Å². The van der Waals surface area contributed by atoms with E-state index >= 15 is 0 Å². The second-order valence-corrected chi connectivity index (χ2v) is 5.69. The zero-order valence-electron chi connectivity index (χ0n) is 13.6. The van der Waals surface area contributed by atoms with Gasteiger partial charge in [-0.2, -0.15) is 0 Å². The van der Waals surface area contributed by atoms with Crippen LogP contribution in [0.15, 0.2) is 42.5 Å². The summed E-state index contributed by atoms with van der Waals surface area (Å²) in [7, 11) is 3.41. The molecule has 5 heteroatoms. The molecule has 0 aromatic heterocycles. The van der Waals surface area contributed by atoms with Gasteiger partial charge in [0.25, 0.3) is 0 Å². The topological polar surface area (TPSA) is 47.7 Å². The third-order valence-electron chi connectivity index (χ3n) is 3.67. The highest BCUT2D eigenvalue weighted by Crippen LogP contribution is 2.31. The van der Waals surface area contributed by atoms with Gasteiger partial charge in [0.05, 0.1) is 13.2 Å². The Morgan fingerprint density at radius 3 is 2.30 bits per heavy atom. The second kappa shape index (κ2) is 8.77. The van der Waals surface area contributed by atoms with Gasteiger partial charge in [-0.3, -0.25) is 0 Å². The van der Waals surface area contributed by atoms with Crippen molar-refractivity contribution < 1.29 is 9.47 Å². The summed E-state index contributed by atoms with van der Waals surface area (Å²) in [6, 6.07) is 13.8. The Morgan fingerprint density at radius 1 is 1.00 bits per heavy atom. The predicted molar refractivity (Wildman–Crippen MR) is 97.3 cm³/mol. The lowest BCUT2D eigenvalue weighted by molar-refractivity contribution is 0.190. The summed E-state index contributed by atoms with van der Waals surface area (Å²) in [4.78, 5) is 2.22. The summed E-state index contributed by atoms with van der Waals surface area (Å²) in [5, 5.41) is 0.697. The molecular weight excluding hydrogens is 312 g/mol. The zero-order valence-corrected chi connectivity index (χ0v) is 14.3. The lowest BCUT2D eigenvalue weighted by atomic mass is 10.0. The molecule has 0 amide bonds. The third-order valence-corrected chi connectivity index (χ3v) is 3.90. The Kier molecular flexibility index (Phi) is 6.71. The molecule has 23 heavy (non-hydrogen) atoms. The maximum atomic E-state index is 6.16. The molecule has 0 spiro atoms. The van der Waals surface area contributed by atoms with Gasteiger partial charge in [0.2, 0.25) is 0 Å². The number of methoxy groups -OCH3 is 2. The number of rotatable bonds is 8. The predicted octanol–water partition coefficient (Wildman–Crippen LogP) is 3.69. The molecule has 2 aromatic rings. The maximum absolute atomic E-state index is 6.16. The standard InChI is InChI=1S/C18H23ClN2O2/c1-22-10-8-21(9-11-23-2)16-6-7-18(20)17(13-16)14-4-3-5-15(19)12-14/h3-7,12-13H,8-11,20H2,1-2H3. The van der Waals surface area contributed by atoms with Crippen LogP contribution in [0, 0.1) is 0 Å². The SMILES string of the molecule is COCCN(CCOC)c1ccc(N)c(-c2cccc(Cl)c2)c1. The molecule has 0 heterocycles. The number of hydrogen-bond acceptors (Lipinski definition) is 4. The van der Waals surface area contributed by atoms with Crippen molar-refractivity contribution in [2.75, 3.05) is 51.2 Å². The van der Waals surface area contributed by atoms with Crippen molar-refractivity contribution in [2.45, 2.75) is 0 Å². The Balaban J connectivity index is 2.33. The molecule has 0 fully saturated rings. The minimum atomic E-state index is 0.653. The van der Waals surface area contributed by atoms with E-state index < -0.39 is 0 Å². The van der Waals surface area contributed by atoms with Gasteiger partial charge in [-0.1, -0.05) is 23.7 Å². The average molecular weight is 335 g/mol. The van der Waals surface area contributed by atoms with Gasteiger partial charge in [0.1, 0.15) is 0 Å². The van der Waals surface area contributed by atoms with Crippen LogP contribution in [-0.2, 0) is 9.47 Å². The Hall–Kier alpha value is -1.75. The van der Waals surface area contributed by atoms with Crippen molar-refractivity contribution in [2.24, 2.45) is 0 Å². The molecule has 0 atom stereocenters. The number of nitrogen functional groups attached to an aromatic ring is 1. The fourth-order valence-electron chi connectivity index (χ4n) is 2.42. The van der Waals surface area contributed by atoms with Crippen LogP contribution < -0.4 is 10.6 Å². The first-order valence-electron chi connectivity index (χ1n) is 7.54. The lowest BCUT2D eigenvalue weighted by Gasteiger charge is -2.25. The van der Waals surface area contributed by atoms with Crippen molar-refractivity contribution in [3.63, 3.8) is 0 Å². The number of nitrogens with two attached hydrogens (primary N) is 1. The Labute approximate surface area is 142 Å². The molecular formula is C18H23ClN2O2. The van der Waals surface area contributed by atoms with Crippen LogP contribution >= 0.6 is 11.6 Å². The normalized spacial score (nSPS) is 10.7. The first-order chi connectivity index (χ1) is 11.2. The highest BCUT2D eigenvalue weighted by molar-refractivity contribution is 6.30. The van der Waals surface area contributed by atoms with Gasteiger partial charge in [-0.25, -0.2) is 0 Å². The molecule has 4 nitrogen and oxygen atoms in total. The van der Waals surface area contributed by atoms with Crippen LogP contribution in [0.1, 0.15) is 0 Å². The van der Waals surface area contributed by atoms with E-state index in [1.165, 1.54) is 0 Å². The number of halogens is 1. The zero-order chi connectivity index (χ0) is 16.7. The van der Waals surface area contributed by atoms with Gasteiger partial charge in [-0.15, -0.1) is 0 Å². The van der Waals surface area contributed by atoms with Gasteiger partial charge in [-0.05, 0) is 35.9 Å². The highest BCUT2D eigenvalue weighted by Gasteiger charge is 2.10. The molecule has 2 rings (SSSR count). The summed E-state index contributed by atoms with van der Waals surface area (Å²) in [6.07, 6.45) is 0. The lowest BCUT2D eigenvalue weighted by Crippen LogP contribution is -2.30. The fourth-order valence-corrected chi connectivity index (χ4v) is 2.61. The summed E-state index contributed by atoms with van der Waals surface area (Å²) < 4.78 is 10.4. The Bertz CT molecular complexity index is 626. The van der Waals surface area contributed by atoms with Gasteiger partial charge >= 0.3 is 0 Å². The van der Waals surface area contributed by atoms with E-state index in [2.05, 4.69) is 11.0 Å². The molecule has 2 N–H and O–H groups in total. The minimum Gasteiger partial charge on any atom is -0.398 e. The number of anilines is 2. The second-order valence-electron chi connectivity index (χ2n) is 5.25. The van der Waals surface area contributed by atoms with Crippen molar-refractivity contribution in [3.8, 4) is 11.1 Å². The number of benzene rings is 2. The van der Waals surface area contributed by atoms with E-state index in [-0.39, 0.29) is 0 Å². The first kappa shape index (κ1) is 17.6. The maximum Gasteiger partial charge on any atom is 0.0637 e. The molecule has 0 aliphatic rings. The third kappa shape index (κ3) is 4.86. The minimum absolute atomic E-state index is 0.653. The van der Waals surface area contributed by atoms with Crippen LogP contribution in [0.25, 0.3) is 11.1 Å². The van der Waals surface area contributed by atoms with E-state index in [1.807, 2.05) is 36.4 Å². The summed E-state index contributed by atoms with van der Waals surface area (Å²) in [5.41, 5.74) is 9.96. The summed E-state index contributed by atoms with van der Waals surface area (Å²) >= 11 is 6.10. The highest BCUT2D eigenvalue weighted by atomic mass is 35.5. The van der Waals surface area contributed by atoms with Crippen LogP contribution in [0.3, 0.4) is 0 Å². The summed E-state index contributed by atoms with van der Waals surface area (Å²) in [6.45, 7) is 2.89. The van der Waals surface area contributed by atoms with E-state index in [0.29, 0.717) is 18.2 Å². The molecule has 0 aliphatic heterocycles. The molecule has 0 radical (unpaired) electrons. The van der Waals surface area contributed by atoms with E-state index in [1.54, 1.807) is 14.2 Å². The molecule has 2 aromatic carbocycles. The van der Waals surface area contributed by atoms with Crippen molar-refractivity contribution in [1.82, 2.24) is 0 Å². The fraction of sp³-hybridized carbons (Fsp3) is 0.333. The molecule has 0 saturated heterocycles. The van der Waals surface area contributed by atoms with Gasteiger partial charge in [0.15, 0.2) is 0 Å². The monoisotopic (exact) mass is 334 g/mol. The number of nitrogens with zero attached hydrogens (tertiary/aromatic N) is 1. The van der Waals surface area contributed by atoms with Crippen molar-refractivity contribution in [1.29, 1.82) is 0 Å². The molecule has 0 bridgehead atoms. The van der Waals surface area contributed by atoms with E-state index in [4.69, 9.17) is 26.8 Å². The van der Waals surface area contributed by atoms with E-state index in [9.17, 15) is 0 Å². The van der Waals surface area contributed by atoms with Crippen molar-refractivity contribution in [3.05, 3.63) is 47.5 Å².